The lowest BCUT2D eigenvalue weighted by molar-refractivity contribution is -0.851. The molecule has 0 heterocycles. The van der Waals surface area contributed by atoms with Gasteiger partial charge in [-0.05, 0) is 44.9 Å². The highest BCUT2D eigenvalue weighted by atomic mass is 17.0. The smallest absolute Gasteiger partial charge is 0.489 e. The third kappa shape index (κ3) is 13.3. The lowest BCUT2D eigenvalue weighted by Crippen LogP contribution is -2.25. The predicted molar refractivity (Wildman–Crippen MR) is 141 cm³/mol. The minimum Gasteiger partial charge on any atom is -0.489 e. The molecule has 15 heteroatoms. The average molecular weight is 589 g/mol. The van der Waals surface area contributed by atoms with Gasteiger partial charge in [0.25, 0.3) is 16.5 Å². The quantitative estimate of drug-likeness (QED) is 0.0413. The van der Waals surface area contributed by atoms with Gasteiger partial charge in [0.1, 0.15) is 0 Å². The molecule has 232 valence electrons. The predicted octanol–water partition coefficient (Wildman–Crippen LogP) is 5.08. The van der Waals surface area contributed by atoms with E-state index in [1.807, 2.05) is 0 Å². The van der Waals surface area contributed by atoms with Crippen molar-refractivity contribution in [2.45, 2.75) is 96.7 Å². The van der Waals surface area contributed by atoms with E-state index in [-0.39, 0.29) is 36.1 Å². The summed E-state index contributed by atoms with van der Waals surface area (Å²) < 4.78 is 14.7. The number of unbranched alkanes of at least 4 members (excludes halogenated alkanes) is 5. The fourth-order valence-corrected chi connectivity index (χ4v) is 4.77. The van der Waals surface area contributed by atoms with Crippen LogP contribution in [0.4, 0.5) is 4.79 Å². The van der Waals surface area contributed by atoms with Gasteiger partial charge in [-0.3, -0.25) is 19.3 Å². The zero-order valence-electron chi connectivity index (χ0n) is 23.8. The summed E-state index contributed by atoms with van der Waals surface area (Å²) in [6, 6.07) is 0. The summed E-state index contributed by atoms with van der Waals surface area (Å²) >= 11 is 0. The number of hydrogen-bond donors (Lipinski definition) is 1. The van der Waals surface area contributed by atoms with Crippen LogP contribution in [0.25, 0.3) is 0 Å². The number of rotatable bonds is 23. The van der Waals surface area contributed by atoms with Crippen LogP contribution in [0.1, 0.15) is 90.4 Å². The Morgan fingerprint density at radius 3 is 1.78 bits per heavy atom. The molecular weight excluding hydrogens is 548 g/mol. The zero-order valence-corrected chi connectivity index (χ0v) is 23.8. The Morgan fingerprint density at radius 1 is 0.780 bits per heavy atom. The number of carbonyl (C=O) groups excluding carboxylic acids is 2. The molecule has 0 saturated heterocycles. The van der Waals surface area contributed by atoms with E-state index in [4.69, 9.17) is 14.6 Å². The van der Waals surface area contributed by atoms with Gasteiger partial charge in [0.05, 0.1) is 20.8 Å². The summed E-state index contributed by atoms with van der Waals surface area (Å²) in [5.41, 5.74) is 0.777. The third-order valence-corrected chi connectivity index (χ3v) is 6.83. The molecule has 0 spiro atoms. The number of Topliss-reactive ketones (excluding diaryl/α,β-unsaturated/α-hetero) is 2. The number of hydrogen-bond acceptors (Lipinski definition) is 12. The van der Waals surface area contributed by atoms with Gasteiger partial charge in [0, 0.05) is 11.1 Å². The van der Waals surface area contributed by atoms with Crippen LogP contribution in [0.2, 0.25) is 0 Å². The molecule has 0 fully saturated rings. The molecular formula is C26H40N2O13. The monoisotopic (exact) mass is 588 g/mol. The number of carboxylic acid groups (broad SMARTS) is 1. The highest BCUT2D eigenvalue weighted by Crippen LogP contribution is 2.30. The molecule has 0 amide bonds. The van der Waals surface area contributed by atoms with E-state index in [1.54, 1.807) is 6.92 Å². The number of ketones is 2. The number of nitrogens with zero attached hydrogens (tertiary/aromatic N) is 2. The Morgan fingerprint density at radius 2 is 1.27 bits per heavy atom. The molecule has 1 aliphatic carbocycles. The first kappa shape index (κ1) is 35.1. The van der Waals surface area contributed by atoms with E-state index < -0.39 is 22.6 Å². The summed E-state index contributed by atoms with van der Waals surface area (Å²) in [6.07, 6.45) is 5.87. The Kier molecular flexibility index (Phi) is 16.5. The second-order valence-corrected chi connectivity index (χ2v) is 9.63. The number of ether oxygens (including phenoxy) is 3. The van der Waals surface area contributed by atoms with Crippen molar-refractivity contribution in [1.29, 1.82) is 0 Å². The minimum atomic E-state index is -1.57. The number of carbonyl (C=O) groups is 3. The maximum absolute atomic E-state index is 12.8. The average Bonchev–Trinajstić information content (AvgIpc) is 2.90. The molecule has 0 aromatic carbocycles. The van der Waals surface area contributed by atoms with Crippen molar-refractivity contribution < 1.29 is 53.5 Å². The van der Waals surface area contributed by atoms with Gasteiger partial charge < -0.3 is 19.3 Å². The van der Waals surface area contributed by atoms with Crippen LogP contribution >= 0.6 is 0 Å². The Labute approximate surface area is 238 Å². The standard InChI is InChI=1S/C26H40N2O13/c1-18-20(23(30)25(38-3)24(37-2)22(18)29)15-10-9-14-19(13-7-5-11-17-39-26(31)32)12-6-4-8-16-21(40-27(33)34)41-28(35)36/h19,21H,4-17H2,1-3H3,(H,31,32). The Bertz CT molecular complexity index is 960. The number of methoxy groups -OCH3 is 2. The van der Waals surface area contributed by atoms with Crippen LogP contribution in [0.5, 0.6) is 0 Å². The minimum absolute atomic E-state index is 0.000109. The van der Waals surface area contributed by atoms with E-state index in [2.05, 4.69) is 14.4 Å². The van der Waals surface area contributed by atoms with E-state index in [9.17, 15) is 34.6 Å². The maximum Gasteiger partial charge on any atom is 0.505 e. The molecule has 0 radical (unpaired) electrons. The van der Waals surface area contributed by atoms with Crippen molar-refractivity contribution in [3.8, 4) is 0 Å². The summed E-state index contributed by atoms with van der Waals surface area (Å²) in [5.74, 6) is -0.546. The zero-order chi connectivity index (χ0) is 30.8. The van der Waals surface area contributed by atoms with E-state index in [0.29, 0.717) is 49.2 Å². The molecule has 0 aliphatic heterocycles. The molecule has 0 saturated carbocycles. The number of allylic oxidation sites excluding steroid dienone is 2. The molecule has 0 aromatic rings. The van der Waals surface area contributed by atoms with Crippen molar-refractivity contribution in [3.63, 3.8) is 0 Å². The summed E-state index contributed by atoms with van der Waals surface area (Å²) in [7, 11) is 2.64. The molecule has 1 N–H and O–H groups in total. The molecule has 1 aliphatic rings. The van der Waals surface area contributed by atoms with Crippen LogP contribution in [0, 0.1) is 26.1 Å². The van der Waals surface area contributed by atoms with Crippen molar-refractivity contribution in [1.82, 2.24) is 0 Å². The third-order valence-electron chi connectivity index (χ3n) is 6.83. The Hall–Kier alpha value is -3.91. The van der Waals surface area contributed by atoms with Crippen molar-refractivity contribution in [2.24, 2.45) is 5.92 Å². The first-order chi connectivity index (χ1) is 19.5. The van der Waals surface area contributed by atoms with E-state index >= 15 is 0 Å². The second kappa shape index (κ2) is 19.2. The van der Waals surface area contributed by atoms with Gasteiger partial charge in [-0.2, -0.15) is 0 Å². The van der Waals surface area contributed by atoms with Gasteiger partial charge >= 0.3 is 6.16 Å². The maximum atomic E-state index is 12.8. The summed E-state index contributed by atoms with van der Waals surface area (Å²) in [6.45, 7) is 1.75. The normalized spacial score (nSPS) is 14.2. The lowest BCUT2D eigenvalue weighted by Gasteiger charge is -2.21. The van der Waals surface area contributed by atoms with Gasteiger partial charge in [0.15, 0.2) is 0 Å². The van der Waals surface area contributed by atoms with Crippen molar-refractivity contribution in [2.75, 3.05) is 20.8 Å². The van der Waals surface area contributed by atoms with Gasteiger partial charge in [-0.1, -0.05) is 51.4 Å². The SMILES string of the molecule is COC1=C(OC)C(=O)C(CCCCC(CCCCCOC(=O)O)CCCCCC(O[N+](=O)[O-])O[N+](=O)[O-])=C(C)C1=O. The highest BCUT2D eigenvalue weighted by Gasteiger charge is 2.34. The first-order valence-electron chi connectivity index (χ1n) is 13.6. The van der Waals surface area contributed by atoms with Crippen LogP contribution in [0.3, 0.4) is 0 Å². The fraction of sp³-hybridized carbons (Fsp3) is 0.731. The lowest BCUT2D eigenvalue weighted by atomic mass is 9.87. The van der Waals surface area contributed by atoms with E-state index in [0.717, 1.165) is 44.9 Å². The molecule has 15 nitrogen and oxygen atoms in total. The van der Waals surface area contributed by atoms with Crippen LogP contribution in [-0.4, -0.2) is 60.1 Å². The molecule has 0 aromatic heterocycles. The van der Waals surface area contributed by atoms with Gasteiger partial charge in [-0.25, -0.2) is 4.79 Å². The van der Waals surface area contributed by atoms with Gasteiger partial charge in [0.2, 0.25) is 23.1 Å². The molecule has 1 unspecified atom stereocenters. The summed E-state index contributed by atoms with van der Waals surface area (Å²) in [4.78, 5) is 65.3. The van der Waals surface area contributed by atoms with Crippen LogP contribution in [-0.2, 0) is 33.5 Å². The van der Waals surface area contributed by atoms with E-state index in [1.165, 1.54) is 14.2 Å². The largest absolute Gasteiger partial charge is 0.505 e. The Balaban J connectivity index is 2.60. The molecule has 0 bridgehead atoms. The topological polar surface area (TPSA) is 204 Å². The van der Waals surface area contributed by atoms with Crippen molar-refractivity contribution in [3.05, 3.63) is 42.9 Å². The second-order valence-electron chi connectivity index (χ2n) is 9.63. The van der Waals surface area contributed by atoms with Gasteiger partial charge in [-0.15, -0.1) is 20.2 Å². The van der Waals surface area contributed by atoms with Crippen LogP contribution < -0.4 is 0 Å². The molecule has 1 rings (SSSR count). The first-order valence-corrected chi connectivity index (χ1v) is 13.6. The van der Waals surface area contributed by atoms with Crippen molar-refractivity contribution >= 4 is 17.7 Å². The molecule has 41 heavy (non-hydrogen) atoms. The van der Waals surface area contributed by atoms with Crippen LogP contribution in [0.15, 0.2) is 22.7 Å². The summed E-state index contributed by atoms with van der Waals surface area (Å²) in [5, 5.41) is 27.3. The highest BCUT2D eigenvalue weighted by molar-refractivity contribution is 6.23. The fourth-order valence-electron chi connectivity index (χ4n) is 4.77. The molecule has 1 atom stereocenters.